The highest BCUT2D eigenvalue weighted by molar-refractivity contribution is 6.08. The summed E-state index contributed by atoms with van der Waals surface area (Å²) >= 11 is 0. The number of H-pyrrole nitrogens is 1. The van der Waals surface area contributed by atoms with Crippen LogP contribution in [0.3, 0.4) is 0 Å². The number of nitrogens with one attached hydrogen (secondary N) is 2. The van der Waals surface area contributed by atoms with Crippen molar-refractivity contribution in [3.05, 3.63) is 47.7 Å². The highest BCUT2D eigenvalue weighted by atomic mass is 19.1. The Morgan fingerprint density at radius 2 is 2.04 bits per heavy atom. The van der Waals surface area contributed by atoms with Crippen LogP contribution in [0.2, 0.25) is 0 Å². The van der Waals surface area contributed by atoms with E-state index < -0.39 is 23.1 Å². The lowest BCUT2D eigenvalue weighted by Gasteiger charge is -2.31. The van der Waals surface area contributed by atoms with Gasteiger partial charge in [-0.15, -0.1) is 0 Å². The highest BCUT2D eigenvalue weighted by Gasteiger charge is 2.23. The Labute approximate surface area is 157 Å². The molecular weight excluding hydrogens is 366 g/mol. The average molecular weight is 382 g/mol. The maximum atomic E-state index is 14.7. The molecule has 2 N–H and O–H groups in total. The molecule has 2 aromatic heterocycles. The quantitative estimate of drug-likeness (QED) is 0.570. The lowest BCUT2D eigenvalue weighted by Crippen LogP contribution is -2.37. The van der Waals surface area contributed by atoms with E-state index in [1.54, 1.807) is 25.2 Å². The molecule has 7 nitrogen and oxygen atoms in total. The molecule has 1 fully saturated rings. The van der Waals surface area contributed by atoms with E-state index in [0.717, 1.165) is 42.3 Å². The van der Waals surface area contributed by atoms with Crippen molar-refractivity contribution >= 4 is 39.2 Å². The molecule has 3 heterocycles. The predicted octanol–water partition coefficient (Wildman–Crippen LogP) is 3.19. The van der Waals surface area contributed by atoms with Gasteiger partial charge in [0.1, 0.15) is 17.2 Å². The van der Waals surface area contributed by atoms with Crippen molar-refractivity contribution in [2.45, 2.75) is 6.42 Å². The van der Waals surface area contributed by atoms with Gasteiger partial charge in [0.15, 0.2) is 5.82 Å². The van der Waals surface area contributed by atoms with Crippen LogP contribution in [0.25, 0.3) is 21.8 Å². The third-order valence-corrected chi connectivity index (χ3v) is 5.13. The topological polar surface area (TPSA) is 78.8 Å². The van der Waals surface area contributed by atoms with E-state index >= 15 is 0 Å². The standard InChI is InChI=1S/C19H16F2N6O/c1-26-15-8-13(20)16(17(21)12(15)9-22-26)19(28)23-10-3-4-14-11(7-10)18(25-24-14)27-5-2-6-27/h3-4,7-9H,2,5-6H2,1H3,(H,23,28)(H,24,25). The number of amides is 1. The number of fused-ring (bicyclic) bond motifs is 2. The first-order chi connectivity index (χ1) is 13.5. The van der Waals surface area contributed by atoms with Gasteiger partial charge in [-0.2, -0.15) is 10.2 Å². The van der Waals surface area contributed by atoms with E-state index in [0.29, 0.717) is 5.69 Å². The zero-order valence-corrected chi connectivity index (χ0v) is 15.0. The fourth-order valence-electron chi connectivity index (χ4n) is 3.47. The van der Waals surface area contributed by atoms with Crippen molar-refractivity contribution < 1.29 is 13.6 Å². The predicted molar refractivity (Wildman–Crippen MR) is 102 cm³/mol. The smallest absolute Gasteiger partial charge is 0.261 e. The molecule has 1 aliphatic heterocycles. The second-order valence-corrected chi connectivity index (χ2v) is 6.85. The summed E-state index contributed by atoms with van der Waals surface area (Å²) in [6.07, 6.45) is 2.39. The van der Waals surface area contributed by atoms with Crippen LogP contribution in [0, 0.1) is 11.6 Å². The molecule has 1 amide bonds. The maximum Gasteiger partial charge on any atom is 0.261 e. The van der Waals surface area contributed by atoms with Gasteiger partial charge < -0.3 is 10.2 Å². The number of carbonyl (C=O) groups excluding carboxylic acids is 1. The van der Waals surface area contributed by atoms with Crippen LogP contribution in [0.4, 0.5) is 20.3 Å². The van der Waals surface area contributed by atoms with Crippen molar-refractivity contribution in [2.24, 2.45) is 7.05 Å². The lowest BCUT2D eigenvalue weighted by atomic mass is 10.1. The number of benzene rings is 2. The van der Waals surface area contributed by atoms with Crippen LogP contribution in [0.1, 0.15) is 16.8 Å². The van der Waals surface area contributed by atoms with Crippen LogP contribution in [-0.4, -0.2) is 39.0 Å². The Morgan fingerprint density at radius 3 is 2.79 bits per heavy atom. The molecule has 5 rings (SSSR count). The second-order valence-electron chi connectivity index (χ2n) is 6.85. The molecule has 2 aromatic carbocycles. The second kappa shape index (κ2) is 6.01. The Kier molecular flexibility index (Phi) is 3.58. The van der Waals surface area contributed by atoms with E-state index in [1.807, 2.05) is 0 Å². The molecule has 142 valence electrons. The number of aromatic amines is 1. The van der Waals surface area contributed by atoms with E-state index in [2.05, 4.69) is 25.5 Å². The molecule has 0 radical (unpaired) electrons. The van der Waals surface area contributed by atoms with Gasteiger partial charge in [-0.25, -0.2) is 8.78 Å². The number of hydrogen-bond acceptors (Lipinski definition) is 4. The van der Waals surface area contributed by atoms with Gasteiger partial charge in [-0.3, -0.25) is 14.6 Å². The summed E-state index contributed by atoms with van der Waals surface area (Å²) in [4.78, 5) is 14.7. The van der Waals surface area contributed by atoms with Gasteiger partial charge in [0.05, 0.1) is 22.6 Å². The zero-order chi connectivity index (χ0) is 19.4. The van der Waals surface area contributed by atoms with Crippen molar-refractivity contribution in [1.29, 1.82) is 0 Å². The van der Waals surface area contributed by atoms with E-state index in [-0.39, 0.29) is 10.9 Å². The molecule has 0 atom stereocenters. The molecule has 0 bridgehead atoms. The third kappa shape index (κ3) is 2.43. The van der Waals surface area contributed by atoms with Crippen LogP contribution < -0.4 is 10.2 Å². The first-order valence-corrected chi connectivity index (χ1v) is 8.87. The summed E-state index contributed by atoms with van der Waals surface area (Å²) in [6.45, 7) is 1.86. The minimum atomic E-state index is -0.934. The number of nitrogens with zero attached hydrogens (tertiary/aromatic N) is 4. The number of hydrogen-bond donors (Lipinski definition) is 2. The normalized spacial score (nSPS) is 13.9. The molecule has 1 aliphatic rings. The fourth-order valence-corrected chi connectivity index (χ4v) is 3.47. The van der Waals surface area contributed by atoms with Crippen LogP contribution in [0.5, 0.6) is 0 Å². The summed E-state index contributed by atoms with van der Waals surface area (Å²) in [5, 5.41) is 14.7. The summed E-state index contributed by atoms with van der Waals surface area (Å²) in [7, 11) is 1.58. The third-order valence-electron chi connectivity index (χ3n) is 5.13. The molecule has 0 saturated carbocycles. The van der Waals surface area contributed by atoms with Gasteiger partial charge >= 0.3 is 0 Å². The van der Waals surface area contributed by atoms with Crippen LogP contribution >= 0.6 is 0 Å². The minimum Gasteiger partial charge on any atom is -0.355 e. The zero-order valence-electron chi connectivity index (χ0n) is 15.0. The van der Waals surface area contributed by atoms with Gasteiger partial charge in [-0.05, 0) is 24.6 Å². The molecule has 28 heavy (non-hydrogen) atoms. The Hall–Kier alpha value is -3.49. The first-order valence-electron chi connectivity index (χ1n) is 8.87. The monoisotopic (exact) mass is 382 g/mol. The number of anilines is 2. The SMILES string of the molecule is Cn1ncc2c(F)c(C(=O)Nc3ccc4[nH]nc(N5CCC5)c4c3)c(F)cc21. The van der Waals surface area contributed by atoms with Crippen molar-refractivity contribution in [2.75, 3.05) is 23.3 Å². The Balaban J connectivity index is 1.51. The van der Waals surface area contributed by atoms with E-state index in [4.69, 9.17) is 0 Å². The highest BCUT2D eigenvalue weighted by Crippen LogP contribution is 2.30. The van der Waals surface area contributed by atoms with Crippen LogP contribution in [0.15, 0.2) is 30.5 Å². The number of aromatic nitrogens is 4. The average Bonchev–Trinajstić information content (AvgIpc) is 3.18. The largest absolute Gasteiger partial charge is 0.355 e. The summed E-state index contributed by atoms with van der Waals surface area (Å²) < 4.78 is 30.6. The van der Waals surface area contributed by atoms with Crippen molar-refractivity contribution in [1.82, 2.24) is 20.0 Å². The number of halogens is 2. The Bertz CT molecular complexity index is 1240. The van der Waals surface area contributed by atoms with E-state index in [9.17, 15) is 13.6 Å². The molecule has 0 spiro atoms. The number of carbonyl (C=O) groups is 1. The van der Waals surface area contributed by atoms with Gasteiger partial charge in [-0.1, -0.05) is 0 Å². The molecule has 4 aromatic rings. The first kappa shape index (κ1) is 16.7. The maximum absolute atomic E-state index is 14.7. The van der Waals surface area contributed by atoms with E-state index in [1.165, 1.54) is 10.9 Å². The molecular formula is C19H16F2N6O. The molecule has 1 saturated heterocycles. The molecule has 0 unspecified atom stereocenters. The number of aryl methyl sites for hydroxylation is 1. The molecule has 0 aliphatic carbocycles. The van der Waals surface area contributed by atoms with Crippen molar-refractivity contribution in [3.63, 3.8) is 0 Å². The molecule has 9 heteroatoms. The summed E-state index contributed by atoms with van der Waals surface area (Å²) in [5.41, 5.74) is 0.918. The summed E-state index contributed by atoms with van der Waals surface area (Å²) in [6, 6.07) is 6.30. The number of rotatable bonds is 3. The Morgan fingerprint density at radius 1 is 1.21 bits per heavy atom. The lowest BCUT2D eigenvalue weighted by molar-refractivity contribution is 0.101. The minimum absolute atomic E-state index is 0.0967. The van der Waals surface area contributed by atoms with Crippen molar-refractivity contribution in [3.8, 4) is 0 Å². The summed E-state index contributed by atoms with van der Waals surface area (Å²) in [5.74, 6) is -1.90. The van der Waals surface area contributed by atoms with Gasteiger partial charge in [0.2, 0.25) is 0 Å². The van der Waals surface area contributed by atoms with Crippen LogP contribution in [-0.2, 0) is 7.05 Å². The van der Waals surface area contributed by atoms with Gasteiger partial charge in [0, 0.05) is 37.3 Å². The fraction of sp³-hybridized carbons (Fsp3) is 0.211. The van der Waals surface area contributed by atoms with Gasteiger partial charge in [0.25, 0.3) is 5.91 Å².